The maximum absolute atomic E-state index is 12.3. The van der Waals surface area contributed by atoms with Gasteiger partial charge in [-0.25, -0.2) is 0 Å². The second kappa shape index (κ2) is 8.20. The SMILES string of the molecule is O=C(NNC(=O)C1CCCC[C@@H]1C(=O)O)c1ccc(NC(=O)C2CC2)cc1. The van der Waals surface area contributed by atoms with Crippen LogP contribution in [0.25, 0.3) is 0 Å². The van der Waals surface area contributed by atoms with Crippen LogP contribution in [-0.4, -0.2) is 28.8 Å². The second-order valence-electron chi connectivity index (χ2n) is 7.12. The fraction of sp³-hybridized carbons (Fsp3) is 0.474. The van der Waals surface area contributed by atoms with E-state index >= 15 is 0 Å². The molecule has 0 spiro atoms. The number of hydrogen-bond acceptors (Lipinski definition) is 4. The number of nitrogens with one attached hydrogen (secondary N) is 3. The Kier molecular flexibility index (Phi) is 5.73. The average molecular weight is 373 g/mol. The summed E-state index contributed by atoms with van der Waals surface area (Å²) >= 11 is 0. The number of benzene rings is 1. The summed E-state index contributed by atoms with van der Waals surface area (Å²) in [5, 5.41) is 12.0. The standard InChI is InChI=1S/C19H23N3O5/c23-16(11-5-6-11)20-13-9-7-12(8-10-13)17(24)21-22-18(25)14-3-1-2-4-15(14)19(26)27/h7-11,14-15H,1-6H2,(H,20,23)(H,21,24)(H,22,25)(H,26,27)/t14?,15-/m0/s1. The number of amides is 3. The minimum atomic E-state index is -0.981. The van der Waals surface area contributed by atoms with Gasteiger partial charge in [0.2, 0.25) is 11.8 Å². The summed E-state index contributed by atoms with van der Waals surface area (Å²) in [6, 6.07) is 6.34. The smallest absolute Gasteiger partial charge is 0.307 e. The maximum atomic E-state index is 12.3. The van der Waals surface area contributed by atoms with Gasteiger partial charge in [0.05, 0.1) is 11.8 Å². The van der Waals surface area contributed by atoms with Crippen molar-refractivity contribution in [2.24, 2.45) is 17.8 Å². The third-order valence-electron chi connectivity index (χ3n) is 5.08. The topological polar surface area (TPSA) is 125 Å². The lowest BCUT2D eigenvalue weighted by Gasteiger charge is -2.27. The van der Waals surface area contributed by atoms with Crippen molar-refractivity contribution in [3.63, 3.8) is 0 Å². The van der Waals surface area contributed by atoms with Crippen molar-refractivity contribution in [3.05, 3.63) is 29.8 Å². The molecular formula is C19H23N3O5. The maximum Gasteiger partial charge on any atom is 0.307 e. The van der Waals surface area contributed by atoms with Crippen molar-refractivity contribution in [2.45, 2.75) is 38.5 Å². The fourth-order valence-corrected chi connectivity index (χ4v) is 3.32. The Balaban J connectivity index is 1.51. The lowest BCUT2D eigenvalue weighted by atomic mass is 9.79. The highest BCUT2D eigenvalue weighted by Gasteiger charge is 2.35. The minimum absolute atomic E-state index is 0.0140. The first-order valence-electron chi connectivity index (χ1n) is 9.19. The van der Waals surface area contributed by atoms with E-state index in [0.717, 1.165) is 25.7 Å². The Morgan fingerprint density at radius 2 is 1.44 bits per heavy atom. The largest absolute Gasteiger partial charge is 0.481 e. The molecule has 2 fully saturated rings. The van der Waals surface area contributed by atoms with Gasteiger partial charge in [-0.2, -0.15) is 0 Å². The number of carbonyl (C=O) groups excluding carboxylic acids is 3. The average Bonchev–Trinajstić information content (AvgIpc) is 3.51. The second-order valence-corrected chi connectivity index (χ2v) is 7.12. The molecule has 2 atom stereocenters. The number of hydrazine groups is 1. The zero-order chi connectivity index (χ0) is 19.4. The van der Waals surface area contributed by atoms with Gasteiger partial charge in [-0.05, 0) is 49.9 Å². The Bertz CT molecular complexity index is 742. The van der Waals surface area contributed by atoms with Crippen LogP contribution in [0.2, 0.25) is 0 Å². The number of carboxylic acid groups (broad SMARTS) is 1. The van der Waals surface area contributed by atoms with Gasteiger partial charge in [0.25, 0.3) is 5.91 Å². The van der Waals surface area contributed by atoms with Crippen LogP contribution in [-0.2, 0) is 14.4 Å². The summed E-state index contributed by atoms with van der Waals surface area (Å²) in [6.07, 6.45) is 4.37. The molecule has 0 saturated heterocycles. The molecule has 144 valence electrons. The van der Waals surface area contributed by atoms with Crippen molar-refractivity contribution < 1.29 is 24.3 Å². The van der Waals surface area contributed by atoms with Crippen LogP contribution >= 0.6 is 0 Å². The Hall–Kier alpha value is -2.90. The molecule has 8 heteroatoms. The molecule has 0 heterocycles. The van der Waals surface area contributed by atoms with Crippen LogP contribution in [0.15, 0.2) is 24.3 Å². The molecule has 8 nitrogen and oxygen atoms in total. The van der Waals surface area contributed by atoms with Crippen molar-refractivity contribution >= 4 is 29.4 Å². The summed E-state index contributed by atoms with van der Waals surface area (Å²) < 4.78 is 0. The number of carboxylic acids is 1. The van der Waals surface area contributed by atoms with Crippen molar-refractivity contribution in [2.75, 3.05) is 5.32 Å². The summed E-state index contributed by atoms with van der Waals surface area (Å²) in [4.78, 5) is 47.4. The third kappa shape index (κ3) is 4.84. The first kappa shape index (κ1) is 18.9. The first-order valence-corrected chi connectivity index (χ1v) is 9.19. The van der Waals surface area contributed by atoms with Crippen LogP contribution in [0.3, 0.4) is 0 Å². The van der Waals surface area contributed by atoms with Gasteiger partial charge in [0, 0.05) is 17.2 Å². The normalized spacial score (nSPS) is 21.8. The molecule has 3 rings (SSSR count). The fourth-order valence-electron chi connectivity index (χ4n) is 3.32. The van der Waals surface area contributed by atoms with Crippen LogP contribution in [0.4, 0.5) is 5.69 Å². The number of anilines is 1. The molecule has 4 N–H and O–H groups in total. The van der Waals surface area contributed by atoms with E-state index in [-0.39, 0.29) is 11.8 Å². The summed E-state index contributed by atoms with van der Waals surface area (Å²) in [5.74, 6) is -3.25. The van der Waals surface area contributed by atoms with Crippen molar-refractivity contribution in [3.8, 4) is 0 Å². The summed E-state index contributed by atoms with van der Waals surface area (Å²) in [5.41, 5.74) is 5.59. The molecule has 1 unspecified atom stereocenters. The minimum Gasteiger partial charge on any atom is -0.481 e. The summed E-state index contributed by atoms with van der Waals surface area (Å²) in [6.45, 7) is 0. The molecule has 0 aromatic heterocycles. The number of aliphatic carboxylic acids is 1. The number of hydrogen-bond donors (Lipinski definition) is 4. The molecule has 2 aliphatic carbocycles. The van der Waals surface area contributed by atoms with Crippen molar-refractivity contribution in [1.82, 2.24) is 10.9 Å². The van der Waals surface area contributed by atoms with Gasteiger partial charge in [-0.3, -0.25) is 30.0 Å². The zero-order valence-corrected chi connectivity index (χ0v) is 14.9. The van der Waals surface area contributed by atoms with E-state index in [1.165, 1.54) is 0 Å². The number of rotatable bonds is 5. The van der Waals surface area contributed by atoms with Crippen LogP contribution in [0, 0.1) is 17.8 Å². The molecule has 27 heavy (non-hydrogen) atoms. The van der Waals surface area contributed by atoms with E-state index in [4.69, 9.17) is 0 Å². The summed E-state index contributed by atoms with van der Waals surface area (Å²) in [7, 11) is 0. The van der Waals surface area contributed by atoms with Gasteiger partial charge < -0.3 is 10.4 Å². The van der Waals surface area contributed by atoms with E-state index in [1.54, 1.807) is 24.3 Å². The van der Waals surface area contributed by atoms with Gasteiger partial charge in [-0.15, -0.1) is 0 Å². The van der Waals surface area contributed by atoms with Gasteiger partial charge >= 0.3 is 5.97 Å². The zero-order valence-electron chi connectivity index (χ0n) is 14.9. The Morgan fingerprint density at radius 1 is 0.815 bits per heavy atom. The Morgan fingerprint density at radius 3 is 2.04 bits per heavy atom. The number of carbonyl (C=O) groups is 4. The van der Waals surface area contributed by atoms with E-state index in [2.05, 4.69) is 16.2 Å². The van der Waals surface area contributed by atoms with Gasteiger partial charge in [0.15, 0.2) is 0 Å². The van der Waals surface area contributed by atoms with E-state index < -0.39 is 29.6 Å². The van der Waals surface area contributed by atoms with E-state index in [1.807, 2.05) is 0 Å². The molecule has 2 aliphatic rings. The monoisotopic (exact) mass is 373 g/mol. The highest BCUT2D eigenvalue weighted by molar-refractivity contribution is 5.97. The highest BCUT2D eigenvalue weighted by atomic mass is 16.4. The van der Waals surface area contributed by atoms with Gasteiger partial charge in [-0.1, -0.05) is 12.8 Å². The molecule has 3 amide bonds. The van der Waals surface area contributed by atoms with E-state index in [0.29, 0.717) is 24.1 Å². The van der Waals surface area contributed by atoms with Gasteiger partial charge in [0.1, 0.15) is 0 Å². The van der Waals surface area contributed by atoms with Crippen LogP contribution in [0.1, 0.15) is 48.9 Å². The Labute approximate surface area is 156 Å². The van der Waals surface area contributed by atoms with E-state index in [9.17, 15) is 24.3 Å². The lowest BCUT2D eigenvalue weighted by molar-refractivity contribution is -0.149. The molecule has 1 aromatic rings. The molecule has 2 saturated carbocycles. The highest BCUT2D eigenvalue weighted by Crippen LogP contribution is 2.31. The van der Waals surface area contributed by atoms with Crippen molar-refractivity contribution in [1.29, 1.82) is 0 Å². The predicted octanol–water partition coefficient (Wildman–Crippen LogP) is 1.69. The lowest BCUT2D eigenvalue weighted by Crippen LogP contribution is -2.47. The molecule has 0 bridgehead atoms. The predicted molar refractivity (Wildman–Crippen MR) is 96.5 cm³/mol. The van der Waals surface area contributed by atoms with Crippen LogP contribution < -0.4 is 16.2 Å². The third-order valence-corrected chi connectivity index (χ3v) is 5.08. The molecule has 0 radical (unpaired) electrons. The first-order chi connectivity index (χ1) is 13.0. The molecule has 1 aromatic carbocycles. The molecular weight excluding hydrogens is 350 g/mol. The quantitative estimate of drug-likeness (QED) is 0.585. The van der Waals surface area contributed by atoms with Crippen LogP contribution in [0.5, 0.6) is 0 Å². The molecule has 0 aliphatic heterocycles.